The van der Waals surface area contributed by atoms with Gasteiger partial charge in [0, 0.05) is 34.7 Å². The lowest BCUT2D eigenvalue weighted by Crippen LogP contribution is -2.24. The fourth-order valence-electron chi connectivity index (χ4n) is 3.66. The molecule has 0 bridgehead atoms. The molecular weight excluding hydrogens is 317 g/mol. The van der Waals surface area contributed by atoms with Crippen molar-refractivity contribution in [1.82, 2.24) is 10.3 Å². The van der Waals surface area contributed by atoms with Gasteiger partial charge in [0.15, 0.2) is 0 Å². The van der Waals surface area contributed by atoms with E-state index in [-0.39, 0.29) is 11.9 Å². The maximum Gasteiger partial charge on any atom is 0.248 e. The number of amides is 1. The van der Waals surface area contributed by atoms with Gasteiger partial charge in [-0.2, -0.15) is 0 Å². The number of carbonyl (C=O) groups is 1. The first-order valence-corrected chi connectivity index (χ1v) is 8.54. The minimum absolute atomic E-state index is 0.218. The van der Waals surface area contributed by atoms with E-state index in [0.29, 0.717) is 12.1 Å². The van der Waals surface area contributed by atoms with Crippen LogP contribution < -0.4 is 11.1 Å². The maximum absolute atomic E-state index is 13.0. The highest BCUT2D eigenvalue weighted by Gasteiger charge is 2.24. The Labute approximate surface area is 145 Å². The Morgan fingerprint density at radius 1 is 1.24 bits per heavy atom. The number of halogens is 1. The van der Waals surface area contributed by atoms with Gasteiger partial charge < -0.3 is 16.0 Å². The van der Waals surface area contributed by atoms with Crippen LogP contribution in [0.25, 0.3) is 10.9 Å². The number of hydrogen-bond donors (Lipinski definition) is 3. The molecule has 25 heavy (non-hydrogen) atoms. The van der Waals surface area contributed by atoms with Crippen molar-refractivity contribution < 1.29 is 9.18 Å². The largest absolute Gasteiger partial charge is 0.366 e. The fourth-order valence-corrected chi connectivity index (χ4v) is 3.66. The molecule has 1 heterocycles. The summed E-state index contributed by atoms with van der Waals surface area (Å²) in [5.74, 6) is -0.622. The second kappa shape index (κ2) is 6.33. The summed E-state index contributed by atoms with van der Waals surface area (Å²) in [5.41, 5.74) is 10.5. The van der Waals surface area contributed by atoms with Gasteiger partial charge in [0.2, 0.25) is 5.91 Å². The van der Waals surface area contributed by atoms with Crippen LogP contribution in [0.3, 0.4) is 0 Å². The normalized spacial score (nSPS) is 16.8. The van der Waals surface area contributed by atoms with Crippen LogP contribution in [0.5, 0.6) is 0 Å². The first kappa shape index (κ1) is 15.8. The highest BCUT2D eigenvalue weighted by molar-refractivity contribution is 5.98. The maximum atomic E-state index is 13.0. The van der Waals surface area contributed by atoms with Crippen molar-refractivity contribution in [2.75, 3.05) is 0 Å². The molecule has 0 saturated carbocycles. The molecule has 128 valence electrons. The lowest BCUT2D eigenvalue weighted by atomic mass is 9.91. The van der Waals surface area contributed by atoms with Gasteiger partial charge in [0.25, 0.3) is 0 Å². The van der Waals surface area contributed by atoms with Crippen molar-refractivity contribution in [3.8, 4) is 0 Å². The predicted octanol–water partition coefficient (Wildman–Crippen LogP) is 3.57. The van der Waals surface area contributed by atoms with Crippen molar-refractivity contribution in [3.63, 3.8) is 0 Å². The molecule has 2 aromatic carbocycles. The summed E-state index contributed by atoms with van der Waals surface area (Å²) >= 11 is 0. The number of aromatic amines is 1. The molecule has 1 aliphatic carbocycles. The molecule has 1 aliphatic rings. The molecule has 1 aromatic heterocycles. The number of H-pyrrole nitrogens is 1. The Kier molecular flexibility index (Phi) is 4.01. The van der Waals surface area contributed by atoms with E-state index in [1.165, 1.54) is 23.4 Å². The summed E-state index contributed by atoms with van der Waals surface area (Å²) in [7, 11) is 0. The minimum Gasteiger partial charge on any atom is -0.366 e. The Morgan fingerprint density at radius 3 is 2.80 bits per heavy atom. The molecule has 1 unspecified atom stereocenters. The molecule has 0 spiro atoms. The Bertz CT molecular complexity index is 930. The molecule has 5 heteroatoms. The second-order valence-corrected chi connectivity index (χ2v) is 6.59. The van der Waals surface area contributed by atoms with Gasteiger partial charge >= 0.3 is 0 Å². The van der Waals surface area contributed by atoms with Crippen LogP contribution in [-0.4, -0.2) is 10.9 Å². The number of hydrogen-bond acceptors (Lipinski definition) is 2. The Balaban J connectivity index is 1.61. The van der Waals surface area contributed by atoms with Gasteiger partial charge in [-0.15, -0.1) is 0 Å². The number of nitrogens with one attached hydrogen (secondary N) is 2. The second-order valence-electron chi connectivity index (χ2n) is 6.59. The third kappa shape index (κ3) is 3.03. The van der Waals surface area contributed by atoms with E-state index in [4.69, 9.17) is 5.73 Å². The van der Waals surface area contributed by atoms with Gasteiger partial charge in [-0.3, -0.25) is 4.79 Å². The van der Waals surface area contributed by atoms with Crippen LogP contribution in [0.1, 0.15) is 46.1 Å². The highest BCUT2D eigenvalue weighted by Crippen LogP contribution is 2.35. The summed E-state index contributed by atoms with van der Waals surface area (Å²) < 4.78 is 13.0. The van der Waals surface area contributed by atoms with E-state index in [2.05, 4.69) is 10.3 Å². The molecule has 0 aliphatic heterocycles. The fraction of sp³-hybridized carbons (Fsp3) is 0.250. The number of benzene rings is 2. The molecular formula is C20H20FN3O. The predicted molar refractivity (Wildman–Crippen MR) is 95.7 cm³/mol. The Hall–Kier alpha value is -2.66. The van der Waals surface area contributed by atoms with Gasteiger partial charge in [0.05, 0.1) is 0 Å². The molecule has 4 N–H and O–H groups in total. The van der Waals surface area contributed by atoms with Crippen molar-refractivity contribution in [2.45, 2.75) is 31.8 Å². The number of aromatic nitrogens is 1. The molecule has 0 fully saturated rings. The summed E-state index contributed by atoms with van der Waals surface area (Å²) in [6.07, 6.45) is 3.12. The van der Waals surface area contributed by atoms with E-state index >= 15 is 0 Å². The van der Waals surface area contributed by atoms with Gasteiger partial charge in [0.1, 0.15) is 5.82 Å². The molecule has 0 saturated heterocycles. The van der Waals surface area contributed by atoms with Crippen molar-refractivity contribution >= 4 is 16.8 Å². The molecule has 1 amide bonds. The van der Waals surface area contributed by atoms with Crippen LogP contribution in [0.2, 0.25) is 0 Å². The lowest BCUT2D eigenvalue weighted by Gasteiger charge is -2.24. The first-order chi connectivity index (χ1) is 12.1. The Morgan fingerprint density at radius 2 is 2.04 bits per heavy atom. The van der Waals surface area contributed by atoms with Crippen LogP contribution in [0.4, 0.5) is 4.39 Å². The lowest BCUT2D eigenvalue weighted by molar-refractivity contribution is 0.100. The molecule has 4 nitrogen and oxygen atoms in total. The smallest absolute Gasteiger partial charge is 0.248 e. The first-order valence-electron chi connectivity index (χ1n) is 8.54. The van der Waals surface area contributed by atoms with Crippen molar-refractivity contribution in [1.29, 1.82) is 0 Å². The van der Waals surface area contributed by atoms with Gasteiger partial charge in [-0.05, 0) is 60.7 Å². The van der Waals surface area contributed by atoms with E-state index < -0.39 is 5.91 Å². The summed E-state index contributed by atoms with van der Waals surface area (Å²) in [6, 6.07) is 12.4. The number of carbonyl (C=O) groups excluding carboxylic acids is 1. The minimum atomic E-state index is -0.404. The topological polar surface area (TPSA) is 70.9 Å². The van der Waals surface area contributed by atoms with Crippen LogP contribution in [-0.2, 0) is 13.0 Å². The average Bonchev–Trinajstić information content (AvgIpc) is 2.99. The molecule has 0 radical (unpaired) electrons. The zero-order valence-electron chi connectivity index (χ0n) is 13.8. The van der Waals surface area contributed by atoms with Crippen LogP contribution in [0, 0.1) is 5.82 Å². The van der Waals surface area contributed by atoms with Gasteiger partial charge in [-0.25, -0.2) is 4.39 Å². The summed E-state index contributed by atoms with van der Waals surface area (Å²) in [5, 5.41) is 4.65. The standard InChI is InChI=1S/C20H20FN3O/c21-14-7-4-12(5-8-14)11-23-18-3-1-2-15-16-10-13(20(22)25)6-9-17(16)24-19(15)18/h4-10,18,23-24H,1-3,11H2,(H2,22,25). The van der Waals surface area contributed by atoms with E-state index in [1.54, 1.807) is 18.2 Å². The van der Waals surface area contributed by atoms with Crippen LogP contribution >= 0.6 is 0 Å². The third-order valence-corrected chi connectivity index (χ3v) is 4.96. The molecule has 3 aromatic rings. The molecule has 4 rings (SSSR count). The average molecular weight is 337 g/mol. The summed E-state index contributed by atoms with van der Waals surface area (Å²) in [6.45, 7) is 0.687. The van der Waals surface area contributed by atoms with Crippen molar-refractivity contribution in [2.24, 2.45) is 5.73 Å². The summed E-state index contributed by atoms with van der Waals surface area (Å²) in [4.78, 5) is 15.0. The highest BCUT2D eigenvalue weighted by atomic mass is 19.1. The monoisotopic (exact) mass is 337 g/mol. The number of fused-ring (bicyclic) bond motifs is 3. The number of nitrogens with two attached hydrogens (primary N) is 1. The zero-order chi connectivity index (χ0) is 17.4. The number of rotatable bonds is 4. The van der Waals surface area contributed by atoms with E-state index in [0.717, 1.165) is 35.7 Å². The quantitative estimate of drug-likeness (QED) is 0.681. The van der Waals surface area contributed by atoms with E-state index in [9.17, 15) is 9.18 Å². The molecule has 1 atom stereocenters. The third-order valence-electron chi connectivity index (χ3n) is 4.96. The van der Waals surface area contributed by atoms with Crippen LogP contribution in [0.15, 0.2) is 42.5 Å². The number of aryl methyl sites for hydroxylation is 1. The zero-order valence-corrected chi connectivity index (χ0v) is 13.8. The SMILES string of the molecule is NC(=O)c1ccc2[nH]c3c(c2c1)CCCC3NCc1ccc(F)cc1. The van der Waals surface area contributed by atoms with Crippen molar-refractivity contribution in [3.05, 3.63) is 70.7 Å². The van der Waals surface area contributed by atoms with E-state index in [1.807, 2.05) is 12.1 Å². The van der Waals surface area contributed by atoms with Gasteiger partial charge in [-0.1, -0.05) is 12.1 Å². The number of primary amides is 1.